The van der Waals surface area contributed by atoms with Crippen LogP contribution in [0.2, 0.25) is 0 Å². The van der Waals surface area contributed by atoms with Crippen LogP contribution in [0.3, 0.4) is 0 Å². The molecule has 3 nitrogen and oxygen atoms in total. The molecule has 0 amide bonds. The smallest absolute Gasteiger partial charge is 0.307 e. The molecule has 0 aromatic rings. The molecule has 1 fully saturated rings. The van der Waals surface area contributed by atoms with E-state index in [1.165, 1.54) is 0 Å². The molecule has 3 heteroatoms. The molecule has 3 atom stereocenters. The maximum absolute atomic E-state index is 11.1. The molecule has 0 spiro atoms. The highest BCUT2D eigenvalue weighted by molar-refractivity contribution is 5.70. The molecule has 0 aliphatic heterocycles. The van der Waals surface area contributed by atoms with Crippen molar-refractivity contribution in [2.75, 3.05) is 6.61 Å². The van der Waals surface area contributed by atoms with E-state index in [0.29, 0.717) is 18.4 Å². The predicted molar refractivity (Wildman–Crippen MR) is 63.1 cm³/mol. The van der Waals surface area contributed by atoms with E-state index < -0.39 is 5.97 Å². The molecule has 1 saturated carbocycles. The normalized spacial score (nSPS) is 26.5. The number of aliphatic hydroxyl groups is 1. The van der Waals surface area contributed by atoms with Crippen molar-refractivity contribution in [3.63, 3.8) is 0 Å². The Bertz CT molecular complexity index is 242. The summed E-state index contributed by atoms with van der Waals surface area (Å²) in [6, 6.07) is 0. The number of hydrogen-bond donors (Lipinski definition) is 2. The van der Waals surface area contributed by atoms with Gasteiger partial charge in [-0.25, -0.2) is 0 Å². The zero-order valence-corrected chi connectivity index (χ0v) is 10.6. The highest BCUT2D eigenvalue weighted by Crippen LogP contribution is 2.42. The Balaban J connectivity index is 2.26. The average molecular weight is 228 g/mol. The van der Waals surface area contributed by atoms with Crippen LogP contribution in [0.15, 0.2) is 0 Å². The summed E-state index contributed by atoms with van der Waals surface area (Å²) < 4.78 is 0. The maximum atomic E-state index is 11.1. The Morgan fingerprint density at radius 3 is 2.38 bits per heavy atom. The van der Waals surface area contributed by atoms with Crippen LogP contribution in [0.1, 0.15) is 46.5 Å². The Hall–Kier alpha value is -0.570. The third-order valence-corrected chi connectivity index (χ3v) is 3.71. The van der Waals surface area contributed by atoms with Gasteiger partial charge in [-0.3, -0.25) is 4.79 Å². The van der Waals surface area contributed by atoms with E-state index in [2.05, 4.69) is 0 Å². The summed E-state index contributed by atoms with van der Waals surface area (Å²) in [5, 5.41) is 18.1. The average Bonchev–Trinajstić information content (AvgIpc) is 2.88. The first-order valence-corrected chi connectivity index (χ1v) is 6.20. The molecule has 0 radical (unpaired) electrons. The summed E-state index contributed by atoms with van der Waals surface area (Å²) in [5.41, 5.74) is -0.161. The Morgan fingerprint density at radius 2 is 2.00 bits per heavy atom. The van der Waals surface area contributed by atoms with Crippen molar-refractivity contribution in [2.24, 2.45) is 23.2 Å². The summed E-state index contributed by atoms with van der Waals surface area (Å²) >= 11 is 0. The first-order valence-electron chi connectivity index (χ1n) is 6.20. The fourth-order valence-electron chi connectivity index (χ4n) is 2.40. The SMILES string of the molecule is CC(C)(C)C(CCC[C@@H]1C[C@H]1CO)C(=O)O. The summed E-state index contributed by atoms with van der Waals surface area (Å²) in [4.78, 5) is 11.1. The second-order valence-corrected chi connectivity index (χ2v) is 6.13. The second kappa shape index (κ2) is 5.17. The third-order valence-electron chi connectivity index (χ3n) is 3.71. The molecule has 94 valence electrons. The monoisotopic (exact) mass is 228 g/mol. The van der Waals surface area contributed by atoms with E-state index in [-0.39, 0.29) is 11.3 Å². The lowest BCUT2D eigenvalue weighted by atomic mass is 9.78. The predicted octanol–water partition coefficient (Wildman–Crippen LogP) is 2.53. The minimum atomic E-state index is -0.679. The van der Waals surface area contributed by atoms with Crippen molar-refractivity contribution in [1.82, 2.24) is 0 Å². The lowest BCUT2D eigenvalue weighted by Crippen LogP contribution is -2.28. The molecule has 1 aliphatic rings. The first-order chi connectivity index (χ1) is 7.36. The van der Waals surface area contributed by atoms with Crippen molar-refractivity contribution in [2.45, 2.75) is 46.5 Å². The third kappa shape index (κ3) is 3.78. The van der Waals surface area contributed by atoms with Gasteiger partial charge in [0.05, 0.1) is 5.92 Å². The van der Waals surface area contributed by atoms with Gasteiger partial charge in [-0.05, 0) is 30.1 Å². The molecular formula is C13H24O3. The molecule has 0 aromatic heterocycles. The molecule has 1 unspecified atom stereocenters. The van der Waals surface area contributed by atoms with Crippen molar-refractivity contribution in [1.29, 1.82) is 0 Å². The fourth-order valence-corrected chi connectivity index (χ4v) is 2.40. The van der Waals surface area contributed by atoms with E-state index in [1.807, 2.05) is 20.8 Å². The number of carboxylic acid groups (broad SMARTS) is 1. The van der Waals surface area contributed by atoms with Crippen molar-refractivity contribution in [3.05, 3.63) is 0 Å². The van der Waals surface area contributed by atoms with Crippen molar-refractivity contribution < 1.29 is 15.0 Å². The van der Waals surface area contributed by atoms with Gasteiger partial charge < -0.3 is 10.2 Å². The lowest BCUT2D eigenvalue weighted by Gasteiger charge is -2.26. The Labute approximate surface area is 97.9 Å². The van der Waals surface area contributed by atoms with Crippen molar-refractivity contribution in [3.8, 4) is 0 Å². The highest BCUT2D eigenvalue weighted by atomic mass is 16.4. The molecule has 0 saturated heterocycles. The van der Waals surface area contributed by atoms with Crippen molar-refractivity contribution >= 4 is 5.97 Å². The zero-order valence-electron chi connectivity index (χ0n) is 10.6. The zero-order chi connectivity index (χ0) is 12.3. The van der Waals surface area contributed by atoms with Crippen LogP contribution in [0.5, 0.6) is 0 Å². The Morgan fingerprint density at radius 1 is 1.38 bits per heavy atom. The largest absolute Gasteiger partial charge is 0.481 e. The molecular weight excluding hydrogens is 204 g/mol. The topological polar surface area (TPSA) is 57.5 Å². The van der Waals surface area contributed by atoms with E-state index in [0.717, 1.165) is 25.7 Å². The van der Waals surface area contributed by atoms with E-state index in [4.69, 9.17) is 10.2 Å². The van der Waals surface area contributed by atoms with Crippen LogP contribution >= 0.6 is 0 Å². The fraction of sp³-hybridized carbons (Fsp3) is 0.923. The summed E-state index contributed by atoms with van der Waals surface area (Å²) in [7, 11) is 0. The number of aliphatic hydroxyl groups excluding tert-OH is 1. The van der Waals surface area contributed by atoms with Crippen LogP contribution in [-0.2, 0) is 4.79 Å². The van der Waals surface area contributed by atoms with Gasteiger partial charge in [-0.2, -0.15) is 0 Å². The summed E-state index contributed by atoms with van der Waals surface area (Å²) in [6.07, 6.45) is 3.93. The Kier molecular flexibility index (Phi) is 4.36. The maximum Gasteiger partial charge on any atom is 0.307 e. The van der Waals surface area contributed by atoms with E-state index >= 15 is 0 Å². The number of hydrogen-bond acceptors (Lipinski definition) is 2. The van der Waals surface area contributed by atoms with Gasteiger partial charge >= 0.3 is 5.97 Å². The standard InChI is InChI=1S/C13H24O3/c1-13(2,3)11(12(15)16)6-4-5-9-7-10(9)8-14/h9-11,14H,4-8H2,1-3H3,(H,15,16)/t9-,10+,11?/m1/s1. The van der Waals surface area contributed by atoms with Crippen LogP contribution < -0.4 is 0 Å². The molecule has 1 aliphatic carbocycles. The van der Waals surface area contributed by atoms with Crippen LogP contribution in [-0.4, -0.2) is 22.8 Å². The molecule has 16 heavy (non-hydrogen) atoms. The molecule has 0 aromatic carbocycles. The van der Waals surface area contributed by atoms with Crippen LogP contribution in [0.25, 0.3) is 0 Å². The lowest BCUT2D eigenvalue weighted by molar-refractivity contribution is -0.145. The number of aliphatic carboxylic acids is 1. The summed E-state index contributed by atoms with van der Waals surface area (Å²) in [6.45, 7) is 6.25. The minimum absolute atomic E-state index is 0.161. The molecule has 2 N–H and O–H groups in total. The quantitative estimate of drug-likeness (QED) is 0.734. The van der Waals surface area contributed by atoms with Gasteiger partial charge in [0.1, 0.15) is 0 Å². The highest BCUT2D eigenvalue weighted by Gasteiger charge is 2.36. The van der Waals surface area contributed by atoms with Crippen LogP contribution in [0, 0.1) is 23.2 Å². The van der Waals surface area contributed by atoms with Gasteiger partial charge in [-0.1, -0.05) is 33.6 Å². The number of rotatable bonds is 6. The van der Waals surface area contributed by atoms with Crippen LogP contribution in [0.4, 0.5) is 0 Å². The van der Waals surface area contributed by atoms with E-state index in [1.54, 1.807) is 0 Å². The minimum Gasteiger partial charge on any atom is -0.481 e. The van der Waals surface area contributed by atoms with Gasteiger partial charge in [0.2, 0.25) is 0 Å². The molecule has 1 rings (SSSR count). The van der Waals surface area contributed by atoms with Gasteiger partial charge in [-0.15, -0.1) is 0 Å². The number of carbonyl (C=O) groups is 1. The number of carboxylic acids is 1. The van der Waals surface area contributed by atoms with Gasteiger partial charge in [0.15, 0.2) is 0 Å². The van der Waals surface area contributed by atoms with Gasteiger partial charge in [0, 0.05) is 6.61 Å². The molecule has 0 bridgehead atoms. The first kappa shape index (κ1) is 13.5. The van der Waals surface area contributed by atoms with Gasteiger partial charge in [0.25, 0.3) is 0 Å². The van der Waals surface area contributed by atoms with E-state index in [9.17, 15) is 4.79 Å². The summed E-state index contributed by atoms with van der Waals surface area (Å²) in [5.74, 6) is 0.221. The molecule has 0 heterocycles. The second-order valence-electron chi connectivity index (χ2n) is 6.13.